The Hall–Kier alpha value is -0.570. The number of rotatable bonds is 2. The highest BCUT2D eigenvalue weighted by molar-refractivity contribution is 5.70. The number of hydrogen-bond acceptors (Lipinski definition) is 2. The van der Waals surface area contributed by atoms with Crippen molar-refractivity contribution in [2.24, 2.45) is 11.8 Å². The molecule has 0 amide bonds. The summed E-state index contributed by atoms with van der Waals surface area (Å²) in [5.41, 5.74) is 0. The van der Waals surface area contributed by atoms with E-state index in [9.17, 15) is 4.79 Å². The summed E-state index contributed by atoms with van der Waals surface area (Å²) in [7, 11) is 0. The van der Waals surface area contributed by atoms with Crippen molar-refractivity contribution in [3.05, 3.63) is 0 Å². The van der Waals surface area contributed by atoms with Crippen molar-refractivity contribution < 1.29 is 9.90 Å². The molecule has 1 saturated heterocycles. The first-order chi connectivity index (χ1) is 4.22. The van der Waals surface area contributed by atoms with Crippen molar-refractivity contribution in [3.63, 3.8) is 0 Å². The van der Waals surface area contributed by atoms with Gasteiger partial charge in [0.1, 0.15) is 0 Å². The van der Waals surface area contributed by atoms with Gasteiger partial charge in [0.15, 0.2) is 0 Å². The lowest BCUT2D eigenvalue weighted by molar-refractivity contribution is -0.143. The first kappa shape index (κ1) is 6.55. The van der Waals surface area contributed by atoms with Crippen LogP contribution in [0, 0.1) is 11.8 Å². The lowest BCUT2D eigenvalue weighted by atomic mass is 9.89. The fraction of sp³-hybridized carbons (Fsp3) is 0.833. The van der Waals surface area contributed by atoms with Crippen LogP contribution in [-0.2, 0) is 4.79 Å². The number of nitrogens with one attached hydrogen (secondary N) is 1. The third-order valence-corrected chi connectivity index (χ3v) is 1.91. The topological polar surface area (TPSA) is 49.3 Å². The molecule has 0 bridgehead atoms. The maximum atomic E-state index is 10.3. The monoisotopic (exact) mass is 129 g/mol. The largest absolute Gasteiger partial charge is 0.481 e. The second-order valence-corrected chi connectivity index (χ2v) is 2.55. The molecule has 1 unspecified atom stereocenters. The minimum atomic E-state index is -0.679. The van der Waals surface area contributed by atoms with E-state index < -0.39 is 5.97 Å². The van der Waals surface area contributed by atoms with Gasteiger partial charge in [-0.05, 0) is 19.0 Å². The molecule has 1 atom stereocenters. The van der Waals surface area contributed by atoms with E-state index in [0.29, 0.717) is 5.92 Å². The molecule has 1 aliphatic rings. The van der Waals surface area contributed by atoms with Crippen LogP contribution in [0.15, 0.2) is 0 Å². The number of carboxylic acids is 1. The molecule has 0 aliphatic carbocycles. The molecular formula is C6H11NO2. The summed E-state index contributed by atoms with van der Waals surface area (Å²) in [4.78, 5) is 10.3. The molecule has 1 aliphatic heterocycles. The van der Waals surface area contributed by atoms with E-state index in [1.54, 1.807) is 6.92 Å². The lowest BCUT2D eigenvalue weighted by Gasteiger charge is -2.29. The molecule has 0 aromatic carbocycles. The SMILES string of the molecule is CC(C(=O)O)C1CNC1. The van der Waals surface area contributed by atoms with Gasteiger partial charge in [-0.2, -0.15) is 0 Å². The summed E-state index contributed by atoms with van der Waals surface area (Å²) in [6.07, 6.45) is 0. The molecule has 0 radical (unpaired) electrons. The number of aliphatic carboxylic acids is 1. The van der Waals surface area contributed by atoms with Gasteiger partial charge in [0.25, 0.3) is 0 Å². The van der Waals surface area contributed by atoms with Gasteiger partial charge in [0.2, 0.25) is 0 Å². The maximum Gasteiger partial charge on any atom is 0.306 e. The number of carboxylic acid groups (broad SMARTS) is 1. The molecule has 9 heavy (non-hydrogen) atoms. The summed E-state index contributed by atoms with van der Waals surface area (Å²) in [6.45, 7) is 3.49. The standard InChI is InChI=1S/C6H11NO2/c1-4(6(8)9)5-2-7-3-5/h4-5,7H,2-3H2,1H3,(H,8,9). The Morgan fingerprint density at radius 3 is 2.44 bits per heavy atom. The van der Waals surface area contributed by atoms with Crippen LogP contribution in [0.2, 0.25) is 0 Å². The van der Waals surface area contributed by atoms with E-state index in [0.717, 1.165) is 13.1 Å². The Labute approximate surface area is 54.1 Å². The van der Waals surface area contributed by atoms with Gasteiger partial charge < -0.3 is 10.4 Å². The second-order valence-electron chi connectivity index (χ2n) is 2.55. The predicted molar refractivity (Wildman–Crippen MR) is 33.2 cm³/mol. The van der Waals surface area contributed by atoms with E-state index in [-0.39, 0.29) is 5.92 Å². The van der Waals surface area contributed by atoms with Crippen molar-refractivity contribution in [1.29, 1.82) is 0 Å². The minimum absolute atomic E-state index is 0.175. The summed E-state index contributed by atoms with van der Waals surface area (Å²) < 4.78 is 0. The highest BCUT2D eigenvalue weighted by atomic mass is 16.4. The maximum absolute atomic E-state index is 10.3. The van der Waals surface area contributed by atoms with Gasteiger partial charge in [-0.1, -0.05) is 6.92 Å². The van der Waals surface area contributed by atoms with Crippen LogP contribution >= 0.6 is 0 Å². The predicted octanol–water partition coefficient (Wildman–Crippen LogP) is -0.0735. The van der Waals surface area contributed by atoms with Crippen molar-refractivity contribution in [2.75, 3.05) is 13.1 Å². The first-order valence-electron chi connectivity index (χ1n) is 3.15. The van der Waals surface area contributed by atoms with Gasteiger partial charge in [-0.15, -0.1) is 0 Å². The van der Waals surface area contributed by atoms with Crippen LogP contribution in [0.4, 0.5) is 0 Å². The second kappa shape index (κ2) is 2.35. The molecule has 1 heterocycles. The van der Waals surface area contributed by atoms with E-state index >= 15 is 0 Å². The summed E-state index contributed by atoms with van der Waals surface area (Å²) in [5.74, 6) is -0.491. The van der Waals surface area contributed by atoms with Gasteiger partial charge in [0, 0.05) is 0 Å². The Bertz CT molecular complexity index is 120. The molecule has 2 N–H and O–H groups in total. The van der Waals surface area contributed by atoms with Crippen LogP contribution in [0.25, 0.3) is 0 Å². The van der Waals surface area contributed by atoms with Crippen LogP contribution in [0.1, 0.15) is 6.92 Å². The Kier molecular flexibility index (Phi) is 1.71. The average molecular weight is 129 g/mol. The smallest absolute Gasteiger partial charge is 0.306 e. The quantitative estimate of drug-likeness (QED) is 0.548. The molecule has 0 aromatic heterocycles. The normalized spacial score (nSPS) is 22.8. The Morgan fingerprint density at radius 1 is 1.78 bits per heavy atom. The van der Waals surface area contributed by atoms with Gasteiger partial charge in [-0.3, -0.25) is 4.79 Å². The minimum Gasteiger partial charge on any atom is -0.481 e. The zero-order valence-electron chi connectivity index (χ0n) is 5.42. The van der Waals surface area contributed by atoms with Crippen LogP contribution in [-0.4, -0.2) is 24.2 Å². The zero-order chi connectivity index (χ0) is 6.85. The fourth-order valence-corrected chi connectivity index (χ4v) is 0.866. The van der Waals surface area contributed by atoms with E-state index in [2.05, 4.69) is 5.32 Å². The molecule has 0 aromatic rings. The van der Waals surface area contributed by atoms with Gasteiger partial charge in [-0.25, -0.2) is 0 Å². The molecule has 0 spiro atoms. The molecule has 3 heteroatoms. The molecule has 3 nitrogen and oxygen atoms in total. The molecule has 1 fully saturated rings. The van der Waals surface area contributed by atoms with Crippen LogP contribution < -0.4 is 5.32 Å². The Balaban J connectivity index is 2.32. The summed E-state index contributed by atoms with van der Waals surface area (Å²) in [6, 6.07) is 0. The first-order valence-corrected chi connectivity index (χ1v) is 3.15. The molecule has 52 valence electrons. The summed E-state index contributed by atoms with van der Waals surface area (Å²) >= 11 is 0. The Morgan fingerprint density at radius 2 is 2.33 bits per heavy atom. The lowest BCUT2D eigenvalue weighted by Crippen LogP contribution is -2.47. The highest BCUT2D eigenvalue weighted by Crippen LogP contribution is 2.15. The van der Waals surface area contributed by atoms with Gasteiger partial charge >= 0.3 is 5.97 Å². The third-order valence-electron chi connectivity index (χ3n) is 1.91. The van der Waals surface area contributed by atoms with E-state index in [1.807, 2.05) is 0 Å². The van der Waals surface area contributed by atoms with Crippen molar-refractivity contribution in [1.82, 2.24) is 5.32 Å². The van der Waals surface area contributed by atoms with Crippen molar-refractivity contribution in [3.8, 4) is 0 Å². The van der Waals surface area contributed by atoms with Gasteiger partial charge in [0.05, 0.1) is 5.92 Å². The van der Waals surface area contributed by atoms with E-state index in [1.165, 1.54) is 0 Å². The van der Waals surface area contributed by atoms with E-state index in [4.69, 9.17) is 5.11 Å². The summed E-state index contributed by atoms with van der Waals surface area (Å²) in [5, 5.41) is 11.5. The molecular weight excluding hydrogens is 118 g/mol. The number of carbonyl (C=O) groups is 1. The third kappa shape index (κ3) is 1.21. The molecule has 1 rings (SSSR count). The highest BCUT2D eigenvalue weighted by Gasteiger charge is 2.27. The van der Waals surface area contributed by atoms with Crippen LogP contribution in [0.3, 0.4) is 0 Å². The van der Waals surface area contributed by atoms with Crippen molar-refractivity contribution in [2.45, 2.75) is 6.92 Å². The zero-order valence-corrected chi connectivity index (χ0v) is 5.42. The average Bonchev–Trinajstić information content (AvgIpc) is 1.60. The van der Waals surface area contributed by atoms with Crippen molar-refractivity contribution >= 4 is 5.97 Å². The molecule has 0 saturated carbocycles. The number of hydrogen-bond donors (Lipinski definition) is 2. The van der Waals surface area contributed by atoms with Crippen LogP contribution in [0.5, 0.6) is 0 Å². The fourth-order valence-electron chi connectivity index (χ4n) is 0.866.